The molecule has 3 N–H and O–H groups in total. The lowest BCUT2D eigenvalue weighted by molar-refractivity contribution is 0.618. The van der Waals surface area contributed by atoms with Crippen molar-refractivity contribution in [2.75, 3.05) is 5.43 Å². The van der Waals surface area contributed by atoms with Crippen molar-refractivity contribution in [1.82, 2.24) is 9.97 Å². The third-order valence-electron chi connectivity index (χ3n) is 2.85. The zero-order valence-electron chi connectivity index (χ0n) is 11.1. The van der Waals surface area contributed by atoms with Crippen LogP contribution in [0.25, 0.3) is 11.4 Å². The fraction of sp³-hybridized carbons (Fsp3) is 0.286. The molecule has 0 saturated heterocycles. The number of benzene rings is 1. The minimum absolute atomic E-state index is 0.231. The van der Waals surface area contributed by atoms with Gasteiger partial charge < -0.3 is 5.43 Å². The minimum atomic E-state index is -0.231. The molecule has 0 aliphatic heterocycles. The highest BCUT2D eigenvalue weighted by atomic mass is 19.1. The molecule has 1 heterocycles. The van der Waals surface area contributed by atoms with Crippen molar-refractivity contribution in [1.29, 1.82) is 0 Å². The summed E-state index contributed by atoms with van der Waals surface area (Å²) < 4.78 is 13.3. The standard InChI is InChI=1S/C14H17FN4/c1-3-4-11-8-13(19-16)18-14(17-11)10-5-6-12(15)9(2)7-10/h5-8H,3-4,16H2,1-2H3,(H,17,18,19). The summed E-state index contributed by atoms with van der Waals surface area (Å²) in [7, 11) is 0. The van der Waals surface area contributed by atoms with Gasteiger partial charge >= 0.3 is 0 Å². The SMILES string of the molecule is CCCc1cc(NN)nc(-c2ccc(F)c(C)c2)n1. The van der Waals surface area contributed by atoms with Crippen LogP contribution in [-0.2, 0) is 6.42 Å². The summed E-state index contributed by atoms with van der Waals surface area (Å²) in [6, 6.07) is 6.66. The van der Waals surface area contributed by atoms with E-state index < -0.39 is 0 Å². The predicted molar refractivity (Wildman–Crippen MR) is 74.0 cm³/mol. The van der Waals surface area contributed by atoms with E-state index in [9.17, 15) is 4.39 Å². The Hall–Kier alpha value is -2.01. The van der Waals surface area contributed by atoms with Crippen LogP contribution >= 0.6 is 0 Å². The number of aryl methyl sites for hydroxylation is 2. The highest BCUT2D eigenvalue weighted by Gasteiger charge is 2.08. The summed E-state index contributed by atoms with van der Waals surface area (Å²) in [5.74, 6) is 6.31. The topological polar surface area (TPSA) is 63.8 Å². The Morgan fingerprint density at radius 2 is 2.05 bits per heavy atom. The van der Waals surface area contributed by atoms with Crippen LogP contribution in [0.15, 0.2) is 24.3 Å². The highest BCUT2D eigenvalue weighted by Crippen LogP contribution is 2.20. The van der Waals surface area contributed by atoms with Crippen molar-refractivity contribution in [3.05, 3.63) is 41.3 Å². The normalized spacial score (nSPS) is 10.5. The first-order valence-corrected chi connectivity index (χ1v) is 6.25. The maximum absolute atomic E-state index is 13.3. The third-order valence-corrected chi connectivity index (χ3v) is 2.85. The first kappa shape index (κ1) is 13.4. The fourth-order valence-corrected chi connectivity index (χ4v) is 1.87. The van der Waals surface area contributed by atoms with Crippen LogP contribution in [-0.4, -0.2) is 9.97 Å². The summed E-state index contributed by atoms with van der Waals surface area (Å²) in [5, 5.41) is 0. The van der Waals surface area contributed by atoms with Gasteiger partial charge in [-0.1, -0.05) is 13.3 Å². The molecule has 2 rings (SSSR count). The number of nitrogens with two attached hydrogens (primary N) is 1. The number of nitrogen functional groups attached to an aromatic ring is 1. The van der Waals surface area contributed by atoms with Crippen LogP contribution in [0.4, 0.5) is 10.2 Å². The van der Waals surface area contributed by atoms with E-state index in [4.69, 9.17) is 5.84 Å². The van der Waals surface area contributed by atoms with E-state index in [1.54, 1.807) is 19.1 Å². The summed E-state index contributed by atoms with van der Waals surface area (Å²) in [6.45, 7) is 3.80. The maximum atomic E-state index is 13.3. The molecule has 0 saturated carbocycles. The van der Waals surface area contributed by atoms with E-state index in [0.717, 1.165) is 24.1 Å². The summed E-state index contributed by atoms with van der Waals surface area (Å²) >= 11 is 0. The molecule has 0 aliphatic rings. The van der Waals surface area contributed by atoms with Crippen LogP contribution in [0.3, 0.4) is 0 Å². The summed E-state index contributed by atoms with van der Waals surface area (Å²) in [5.41, 5.74) is 4.81. The van der Waals surface area contributed by atoms with Gasteiger partial charge in [0.15, 0.2) is 5.82 Å². The van der Waals surface area contributed by atoms with Gasteiger partial charge in [-0.15, -0.1) is 0 Å². The van der Waals surface area contributed by atoms with Gasteiger partial charge in [0.2, 0.25) is 0 Å². The fourth-order valence-electron chi connectivity index (χ4n) is 1.87. The van der Waals surface area contributed by atoms with Gasteiger partial charge in [0.25, 0.3) is 0 Å². The molecule has 0 fully saturated rings. The van der Waals surface area contributed by atoms with Crippen LogP contribution in [0.5, 0.6) is 0 Å². The number of hydrogen-bond donors (Lipinski definition) is 2. The van der Waals surface area contributed by atoms with Crippen molar-refractivity contribution >= 4 is 5.82 Å². The highest BCUT2D eigenvalue weighted by molar-refractivity contribution is 5.58. The number of hydrogen-bond acceptors (Lipinski definition) is 4. The molecular formula is C14H17FN4. The second-order valence-corrected chi connectivity index (χ2v) is 4.43. The number of nitrogens with zero attached hydrogens (tertiary/aromatic N) is 2. The van der Waals surface area contributed by atoms with E-state index in [-0.39, 0.29) is 5.82 Å². The van der Waals surface area contributed by atoms with Gasteiger partial charge in [-0.05, 0) is 37.1 Å². The van der Waals surface area contributed by atoms with Crippen molar-refractivity contribution in [3.63, 3.8) is 0 Å². The Morgan fingerprint density at radius 1 is 1.26 bits per heavy atom. The molecule has 1 aromatic carbocycles. The molecule has 0 unspecified atom stereocenters. The molecule has 4 nitrogen and oxygen atoms in total. The van der Waals surface area contributed by atoms with Crippen molar-refractivity contribution in [2.24, 2.45) is 5.84 Å². The average Bonchev–Trinajstić information content (AvgIpc) is 2.42. The first-order valence-electron chi connectivity index (χ1n) is 6.25. The summed E-state index contributed by atoms with van der Waals surface area (Å²) in [4.78, 5) is 8.79. The number of rotatable bonds is 4. The molecule has 19 heavy (non-hydrogen) atoms. The maximum Gasteiger partial charge on any atom is 0.161 e. The lowest BCUT2D eigenvalue weighted by Crippen LogP contribution is -2.10. The quantitative estimate of drug-likeness (QED) is 0.655. The van der Waals surface area contributed by atoms with Gasteiger partial charge in [0.1, 0.15) is 11.6 Å². The van der Waals surface area contributed by atoms with Gasteiger partial charge in [0, 0.05) is 17.3 Å². The lowest BCUT2D eigenvalue weighted by atomic mass is 10.1. The largest absolute Gasteiger partial charge is 0.308 e. The monoisotopic (exact) mass is 260 g/mol. The zero-order valence-corrected chi connectivity index (χ0v) is 11.1. The number of halogens is 1. The van der Waals surface area contributed by atoms with Crippen LogP contribution in [0, 0.1) is 12.7 Å². The Kier molecular flexibility index (Phi) is 4.06. The zero-order chi connectivity index (χ0) is 13.8. The number of aromatic nitrogens is 2. The molecule has 100 valence electrons. The number of nitrogens with one attached hydrogen (secondary N) is 1. The molecule has 0 bridgehead atoms. The Labute approximate surface area is 111 Å². The van der Waals surface area contributed by atoms with E-state index in [1.165, 1.54) is 6.07 Å². The Morgan fingerprint density at radius 3 is 2.68 bits per heavy atom. The van der Waals surface area contributed by atoms with E-state index in [0.29, 0.717) is 17.2 Å². The van der Waals surface area contributed by atoms with Gasteiger partial charge in [-0.2, -0.15) is 0 Å². The smallest absolute Gasteiger partial charge is 0.161 e. The summed E-state index contributed by atoms with van der Waals surface area (Å²) in [6.07, 6.45) is 1.84. The van der Waals surface area contributed by atoms with Crippen molar-refractivity contribution in [2.45, 2.75) is 26.7 Å². The molecule has 0 aliphatic carbocycles. The van der Waals surface area contributed by atoms with E-state index in [1.807, 2.05) is 6.07 Å². The number of hydrazine groups is 1. The number of anilines is 1. The molecule has 1 aromatic heterocycles. The minimum Gasteiger partial charge on any atom is -0.308 e. The third kappa shape index (κ3) is 3.06. The first-order chi connectivity index (χ1) is 9.13. The second-order valence-electron chi connectivity index (χ2n) is 4.43. The van der Waals surface area contributed by atoms with Crippen molar-refractivity contribution in [3.8, 4) is 11.4 Å². The van der Waals surface area contributed by atoms with Gasteiger partial charge in [-0.3, -0.25) is 0 Å². The van der Waals surface area contributed by atoms with Gasteiger partial charge in [0.05, 0.1) is 0 Å². The molecule has 5 heteroatoms. The molecular weight excluding hydrogens is 243 g/mol. The van der Waals surface area contributed by atoms with E-state index >= 15 is 0 Å². The van der Waals surface area contributed by atoms with E-state index in [2.05, 4.69) is 22.3 Å². The lowest BCUT2D eigenvalue weighted by Gasteiger charge is -2.08. The van der Waals surface area contributed by atoms with Crippen LogP contribution < -0.4 is 11.3 Å². The Bertz CT molecular complexity index is 584. The molecule has 2 aromatic rings. The van der Waals surface area contributed by atoms with Crippen LogP contribution in [0.2, 0.25) is 0 Å². The average molecular weight is 260 g/mol. The molecule has 0 atom stereocenters. The van der Waals surface area contributed by atoms with Crippen molar-refractivity contribution < 1.29 is 4.39 Å². The molecule has 0 radical (unpaired) electrons. The van der Waals surface area contributed by atoms with Gasteiger partial charge in [-0.25, -0.2) is 20.2 Å². The van der Waals surface area contributed by atoms with Crippen LogP contribution in [0.1, 0.15) is 24.6 Å². The molecule has 0 spiro atoms. The second kappa shape index (κ2) is 5.75. The molecule has 0 amide bonds. The Balaban J connectivity index is 2.47. The predicted octanol–water partition coefficient (Wildman–Crippen LogP) is 2.83.